The smallest absolute Gasteiger partial charge is 0.340 e. The second kappa shape index (κ2) is 5.38. The number of hydrogen-bond acceptors (Lipinski definition) is 2. The number of halogens is 1. The van der Waals surface area contributed by atoms with E-state index in [4.69, 9.17) is 5.11 Å². The van der Waals surface area contributed by atoms with Crippen LogP contribution < -0.4 is 5.32 Å². The summed E-state index contributed by atoms with van der Waals surface area (Å²) in [5, 5.41) is 12.2. The molecule has 1 saturated carbocycles. The molecule has 0 aromatic heterocycles. The van der Waals surface area contributed by atoms with E-state index in [1.807, 2.05) is 0 Å². The number of anilines is 1. The number of benzene rings is 1. The molecule has 0 aliphatic heterocycles. The molecule has 2 rings (SSSR count). The van der Waals surface area contributed by atoms with Gasteiger partial charge < -0.3 is 10.4 Å². The third-order valence-electron chi connectivity index (χ3n) is 3.60. The molecule has 1 aromatic rings. The minimum atomic E-state index is -1.22. The lowest BCUT2D eigenvalue weighted by Crippen LogP contribution is -2.26. The van der Waals surface area contributed by atoms with Crippen molar-refractivity contribution in [2.45, 2.75) is 38.6 Å². The van der Waals surface area contributed by atoms with Crippen LogP contribution in [0.5, 0.6) is 0 Å². The first-order valence-electron chi connectivity index (χ1n) is 6.36. The Morgan fingerprint density at radius 3 is 2.61 bits per heavy atom. The van der Waals surface area contributed by atoms with Gasteiger partial charge in [0.05, 0.1) is 5.69 Å². The van der Waals surface area contributed by atoms with Gasteiger partial charge in [0.1, 0.15) is 11.4 Å². The van der Waals surface area contributed by atoms with Gasteiger partial charge >= 0.3 is 5.97 Å². The summed E-state index contributed by atoms with van der Waals surface area (Å²) in [5.41, 5.74) is 0.137. The molecule has 1 aliphatic rings. The lowest BCUT2D eigenvalue weighted by atomic mass is 9.87. The Hall–Kier alpha value is -1.58. The maximum absolute atomic E-state index is 13.5. The Bertz CT molecular complexity index is 439. The van der Waals surface area contributed by atoms with Crippen LogP contribution in [0.1, 0.15) is 43.0 Å². The number of nitrogens with one attached hydrogen (secondary N) is 1. The Labute approximate surface area is 106 Å². The molecular formula is C14H18FNO2. The van der Waals surface area contributed by atoms with Crippen molar-refractivity contribution in [2.24, 2.45) is 5.92 Å². The molecule has 0 amide bonds. The van der Waals surface area contributed by atoms with Crippen LogP contribution in [0.25, 0.3) is 0 Å². The SMILES string of the molecule is CC1CCC(Nc2cccc(F)c2C(=O)O)CC1. The minimum Gasteiger partial charge on any atom is -0.478 e. The van der Waals surface area contributed by atoms with E-state index in [0.717, 1.165) is 31.6 Å². The molecule has 1 aromatic carbocycles. The highest BCUT2D eigenvalue weighted by Crippen LogP contribution is 2.28. The maximum Gasteiger partial charge on any atom is 0.340 e. The molecule has 18 heavy (non-hydrogen) atoms. The molecule has 2 N–H and O–H groups in total. The van der Waals surface area contributed by atoms with E-state index in [2.05, 4.69) is 12.2 Å². The zero-order valence-corrected chi connectivity index (χ0v) is 10.4. The number of aromatic carboxylic acids is 1. The van der Waals surface area contributed by atoms with Crippen LogP contribution in [0.15, 0.2) is 18.2 Å². The van der Waals surface area contributed by atoms with Crippen LogP contribution in [0.4, 0.5) is 10.1 Å². The highest BCUT2D eigenvalue weighted by Gasteiger charge is 2.21. The van der Waals surface area contributed by atoms with Crippen LogP contribution in [-0.2, 0) is 0 Å². The Morgan fingerprint density at radius 1 is 1.33 bits per heavy atom. The summed E-state index contributed by atoms with van der Waals surface area (Å²) in [6.45, 7) is 2.22. The van der Waals surface area contributed by atoms with Crippen LogP contribution in [0, 0.1) is 11.7 Å². The lowest BCUT2D eigenvalue weighted by Gasteiger charge is -2.28. The topological polar surface area (TPSA) is 49.3 Å². The van der Waals surface area contributed by atoms with Crippen LogP contribution >= 0.6 is 0 Å². The summed E-state index contributed by atoms with van der Waals surface area (Å²) in [4.78, 5) is 11.1. The molecule has 0 spiro atoms. The van der Waals surface area contributed by atoms with Crippen molar-refractivity contribution in [1.29, 1.82) is 0 Å². The minimum absolute atomic E-state index is 0.251. The Balaban J connectivity index is 2.14. The highest BCUT2D eigenvalue weighted by atomic mass is 19.1. The fourth-order valence-corrected chi connectivity index (χ4v) is 2.49. The average molecular weight is 251 g/mol. The van der Waals surface area contributed by atoms with Crippen LogP contribution in [0.2, 0.25) is 0 Å². The van der Waals surface area contributed by atoms with Gasteiger partial charge in [0.2, 0.25) is 0 Å². The van der Waals surface area contributed by atoms with E-state index in [-0.39, 0.29) is 11.6 Å². The van der Waals surface area contributed by atoms with E-state index in [9.17, 15) is 9.18 Å². The quantitative estimate of drug-likeness (QED) is 0.864. The lowest BCUT2D eigenvalue weighted by molar-refractivity contribution is 0.0693. The summed E-state index contributed by atoms with van der Waals surface area (Å²) in [6, 6.07) is 4.60. The molecule has 0 heterocycles. The van der Waals surface area contributed by atoms with Gasteiger partial charge in [-0.15, -0.1) is 0 Å². The largest absolute Gasteiger partial charge is 0.478 e. The number of carbonyl (C=O) groups is 1. The predicted molar refractivity (Wildman–Crippen MR) is 68.4 cm³/mol. The van der Waals surface area contributed by atoms with E-state index in [0.29, 0.717) is 5.69 Å². The van der Waals surface area contributed by atoms with Crippen molar-refractivity contribution in [2.75, 3.05) is 5.32 Å². The summed E-state index contributed by atoms with van der Waals surface area (Å²) >= 11 is 0. The molecule has 1 aliphatic carbocycles. The zero-order chi connectivity index (χ0) is 13.1. The maximum atomic E-state index is 13.5. The van der Waals surface area contributed by atoms with Crippen molar-refractivity contribution >= 4 is 11.7 Å². The molecule has 1 fully saturated rings. The fraction of sp³-hybridized carbons (Fsp3) is 0.500. The highest BCUT2D eigenvalue weighted by molar-refractivity contribution is 5.94. The molecule has 0 atom stereocenters. The number of rotatable bonds is 3. The van der Waals surface area contributed by atoms with Gasteiger partial charge in [-0.25, -0.2) is 9.18 Å². The standard InChI is InChI=1S/C14H18FNO2/c1-9-5-7-10(8-6-9)16-12-4-2-3-11(15)13(12)14(17)18/h2-4,9-10,16H,5-8H2,1H3,(H,17,18). The van der Waals surface area contributed by atoms with Crippen LogP contribution in [0.3, 0.4) is 0 Å². The van der Waals surface area contributed by atoms with Gasteiger partial charge in [-0.05, 0) is 43.7 Å². The molecule has 0 unspecified atom stereocenters. The Morgan fingerprint density at radius 2 is 2.00 bits per heavy atom. The van der Waals surface area contributed by atoms with Gasteiger partial charge in [0.25, 0.3) is 0 Å². The molecule has 4 heteroatoms. The summed E-state index contributed by atoms with van der Waals surface area (Å²) < 4.78 is 13.5. The van der Waals surface area contributed by atoms with Crippen molar-refractivity contribution in [3.63, 3.8) is 0 Å². The van der Waals surface area contributed by atoms with Crippen molar-refractivity contribution in [3.05, 3.63) is 29.6 Å². The predicted octanol–water partition coefficient (Wildman–Crippen LogP) is 3.51. The number of carboxylic acid groups (broad SMARTS) is 1. The third kappa shape index (κ3) is 2.81. The first-order chi connectivity index (χ1) is 8.58. The third-order valence-corrected chi connectivity index (χ3v) is 3.60. The molecule has 98 valence electrons. The Kier molecular flexibility index (Phi) is 3.84. The number of carboxylic acids is 1. The molecule has 0 bridgehead atoms. The normalized spacial score (nSPS) is 23.7. The molecule has 0 saturated heterocycles. The van der Waals surface area contributed by atoms with Crippen LogP contribution in [-0.4, -0.2) is 17.1 Å². The first kappa shape index (κ1) is 12.9. The fourth-order valence-electron chi connectivity index (χ4n) is 2.49. The summed E-state index contributed by atoms with van der Waals surface area (Å²) in [7, 11) is 0. The van der Waals surface area contributed by atoms with E-state index < -0.39 is 11.8 Å². The van der Waals surface area contributed by atoms with Gasteiger partial charge in [-0.3, -0.25) is 0 Å². The molecular weight excluding hydrogens is 233 g/mol. The van der Waals surface area contributed by atoms with Crippen molar-refractivity contribution in [3.8, 4) is 0 Å². The zero-order valence-electron chi connectivity index (χ0n) is 10.4. The monoisotopic (exact) mass is 251 g/mol. The van der Waals surface area contributed by atoms with Gasteiger partial charge in [0, 0.05) is 6.04 Å². The molecule has 0 radical (unpaired) electrons. The van der Waals surface area contributed by atoms with Gasteiger partial charge in [-0.1, -0.05) is 13.0 Å². The first-order valence-corrected chi connectivity index (χ1v) is 6.36. The van der Waals surface area contributed by atoms with Crippen molar-refractivity contribution in [1.82, 2.24) is 0 Å². The second-order valence-corrected chi connectivity index (χ2v) is 5.07. The second-order valence-electron chi connectivity index (χ2n) is 5.07. The average Bonchev–Trinajstić information content (AvgIpc) is 2.32. The van der Waals surface area contributed by atoms with E-state index in [1.165, 1.54) is 12.1 Å². The van der Waals surface area contributed by atoms with E-state index in [1.54, 1.807) is 6.07 Å². The van der Waals surface area contributed by atoms with Gasteiger partial charge in [-0.2, -0.15) is 0 Å². The summed E-state index contributed by atoms with van der Waals surface area (Å²) in [5.74, 6) is -1.18. The van der Waals surface area contributed by atoms with E-state index >= 15 is 0 Å². The van der Waals surface area contributed by atoms with Gasteiger partial charge in [0.15, 0.2) is 0 Å². The molecule has 3 nitrogen and oxygen atoms in total. The van der Waals surface area contributed by atoms with Crippen molar-refractivity contribution < 1.29 is 14.3 Å². The summed E-state index contributed by atoms with van der Waals surface area (Å²) in [6.07, 6.45) is 4.29. The number of hydrogen-bond donors (Lipinski definition) is 2.